The highest BCUT2D eigenvalue weighted by molar-refractivity contribution is 6.18. The van der Waals surface area contributed by atoms with Gasteiger partial charge in [-0.1, -0.05) is 31.0 Å². The molecule has 2 aromatic rings. The summed E-state index contributed by atoms with van der Waals surface area (Å²) in [4.78, 5) is 30.7. The second kappa shape index (κ2) is 8.24. The Bertz CT molecular complexity index is 1030. The van der Waals surface area contributed by atoms with Crippen LogP contribution in [0.25, 0.3) is 0 Å². The lowest BCUT2D eigenvalue weighted by molar-refractivity contribution is -0.132. The van der Waals surface area contributed by atoms with Gasteiger partial charge in [0.05, 0.1) is 24.9 Å². The normalized spacial score (nSPS) is 27.3. The Morgan fingerprint density at radius 1 is 1.03 bits per heavy atom. The first-order chi connectivity index (χ1) is 15.5. The molecule has 3 amide bonds. The highest BCUT2D eigenvalue weighted by atomic mass is 16.5. The lowest BCUT2D eigenvalue weighted by Gasteiger charge is -2.43. The molecule has 2 heterocycles. The number of methoxy groups -OCH3 is 1. The van der Waals surface area contributed by atoms with E-state index in [4.69, 9.17) is 9.47 Å². The molecule has 4 atom stereocenters. The van der Waals surface area contributed by atoms with Crippen LogP contribution in [0.2, 0.25) is 0 Å². The van der Waals surface area contributed by atoms with Gasteiger partial charge in [0.2, 0.25) is 0 Å². The largest absolute Gasteiger partial charge is 0.497 e. The van der Waals surface area contributed by atoms with Gasteiger partial charge in [0.15, 0.2) is 6.10 Å². The molecule has 2 saturated heterocycles. The fraction of sp³-hybridized carbons (Fsp3) is 0.462. The van der Waals surface area contributed by atoms with Crippen LogP contribution in [0, 0.1) is 19.8 Å². The first-order valence-corrected chi connectivity index (χ1v) is 11.5. The van der Waals surface area contributed by atoms with Crippen LogP contribution >= 0.6 is 0 Å². The summed E-state index contributed by atoms with van der Waals surface area (Å²) in [5.41, 5.74) is 3.63. The Morgan fingerprint density at radius 3 is 2.53 bits per heavy atom. The summed E-state index contributed by atoms with van der Waals surface area (Å²) in [6.07, 6.45) is 3.60. The summed E-state index contributed by atoms with van der Waals surface area (Å²) in [5.74, 6) is 0.721. The van der Waals surface area contributed by atoms with Gasteiger partial charge in [0.1, 0.15) is 5.75 Å². The summed E-state index contributed by atoms with van der Waals surface area (Å²) < 4.78 is 11.7. The second-order valence-corrected chi connectivity index (χ2v) is 9.32. The maximum atomic E-state index is 13.9. The van der Waals surface area contributed by atoms with Crippen molar-refractivity contribution in [1.29, 1.82) is 0 Å². The molecule has 0 bridgehead atoms. The van der Waals surface area contributed by atoms with Gasteiger partial charge in [-0.05, 0) is 67.6 Å². The molecule has 3 aliphatic rings. The van der Waals surface area contributed by atoms with Crippen molar-refractivity contribution in [3.05, 3.63) is 59.2 Å². The zero-order chi connectivity index (χ0) is 22.4. The molecular weight excluding hydrogens is 404 g/mol. The van der Waals surface area contributed by atoms with E-state index in [-0.39, 0.29) is 30.0 Å². The molecule has 4 unspecified atom stereocenters. The highest BCUT2D eigenvalue weighted by Gasteiger charge is 2.57. The van der Waals surface area contributed by atoms with Crippen molar-refractivity contribution >= 4 is 17.6 Å². The monoisotopic (exact) mass is 434 g/mol. The summed E-state index contributed by atoms with van der Waals surface area (Å²) in [6, 6.07) is 13.1. The number of fused-ring (bicyclic) bond motifs is 3. The molecule has 0 radical (unpaired) electrons. The average Bonchev–Trinajstić information content (AvgIpc) is 3.16. The molecule has 2 aromatic carbocycles. The van der Waals surface area contributed by atoms with Crippen molar-refractivity contribution in [2.24, 2.45) is 5.92 Å². The van der Waals surface area contributed by atoms with Crippen LogP contribution in [0.1, 0.15) is 42.4 Å². The third-order valence-electron chi connectivity index (χ3n) is 7.04. The molecule has 3 fully saturated rings. The molecule has 0 aromatic heterocycles. The lowest BCUT2D eigenvalue weighted by atomic mass is 9.80. The molecule has 0 spiro atoms. The van der Waals surface area contributed by atoms with Crippen molar-refractivity contribution in [3.8, 4) is 5.75 Å². The Kier molecular flexibility index (Phi) is 5.41. The number of anilines is 1. The van der Waals surface area contributed by atoms with E-state index in [9.17, 15) is 9.59 Å². The van der Waals surface area contributed by atoms with E-state index in [0.29, 0.717) is 12.2 Å². The van der Waals surface area contributed by atoms with E-state index in [1.807, 2.05) is 61.2 Å². The fourth-order valence-corrected chi connectivity index (χ4v) is 5.71. The number of carbonyl (C=O) groups excluding carboxylic acids is 2. The minimum atomic E-state index is -0.618. The summed E-state index contributed by atoms with van der Waals surface area (Å²) in [7, 11) is 1.64. The van der Waals surface area contributed by atoms with Crippen LogP contribution in [0.15, 0.2) is 42.5 Å². The summed E-state index contributed by atoms with van der Waals surface area (Å²) >= 11 is 0. The molecule has 6 nitrogen and oxygen atoms in total. The Balaban J connectivity index is 1.56. The minimum absolute atomic E-state index is 0.0440. The maximum absolute atomic E-state index is 13.9. The van der Waals surface area contributed by atoms with Gasteiger partial charge in [-0.25, -0.2) is 9.69 Å². The van der Waals surface area contributed by atoms with Gasteiger partial charge < -0.3 is 14.4 Å². The predicted molar refractivity (Wildman–Crippen MR) is 122 cm³/mol. The van der Waals surface area contributed by atoms with Gasteiger partial charge >= 0.3 is 6.03 Å². The summed E-state index contributed by atoms with van der Waals surface area (Å²) in [6.45, 7) is 4.37. The van der Waals surface area contributed by atoms with Crippen molar-refractivity contribution in [3.63, 3.8) is 0 Å². The molecule has 32 heavy (non-hydrogen) atoms. The smallest absolute Gasteiger partial charge is 0.332 e. The third-order valence-corrected chi connectivity index (χ3v) is 7.04. The zero-order valence-corrected chi connectivity index (χ0v) is 18.9. The Hall–Kier alpha value is -2.86. The number of imide groups is 1. The Morgan fingerprint density at radius 2 is 1.78 bits per heavy atom. The lowest BCUT2D eigenvalue weighted by Crippen LogP contribution is -2.64. The number of aryl methyl sites for hydroxylation is 2. The number of hydrogen-bond donors (Lipinski definition) is 0. The zero-order valence-electron chi connectivity index (χ0n) is 18.9. The van der Waals surface area contributed by atoms with E-state index in [1.165, 1.54) is 4.90 Å². The van der Waals surface area contributed by atoms with E-state index in [1.54, 1.807) is 7.11 Å². The standard InChI is InChI=1S/C26H30N2O4/c1-16-11-17(2)13-19(12-16)28-25(29)24-23(21-9-4-5-10-22(21)32-24)27(26(28)30)15-18-7-6-8-20(14-18)31-3/h6-8,11-14,21-24H,4-5,9-10,15H2,1-3H3. The topological polar surface area (TPSA) is 59.1 Å². The van der Waals surface area contributed by atoms with E-state index >= 15 is 0 Å². The van der Waals surface area contributed by atoms with Crippen LogP contribution < -0.4 is 9.64 Å². The predicted octanol–water partition coefficient (Wildman–Crippen LogP) is 4.61. The summed E-state index contributed by atoms with van der Waals surface area (Å²) in [5, 5.41) is 0. The van der Waals surface area contributed by atoms with Crippen LogP contribution in [0.4, 0.5) is 10.5 Å². The molecule has 2 aliphatic heterocycles. The van der Waals surface area contributed by atoms with Crippen LogP contribution in [-0.2, 0) is 16.1 Å². The highest BCUT2D eigenvalue weighted by Crippen LogP contribution is 2.44. The quantitative estimate of drug-likeness (QED) is 0.705. The van der Waals surface area contributed by atoms with E-state index < -0.39 is 6.10 Å². The molecule has 1 aliphatic carbocycles. The van der Waals surface area contributed by atoms with Crippen molar-refractivity contribution in [2.45, 2.75) is 64.3 Å². The maximum Gasteiger partial charge on any atom is 0.332 e. The first kappa shape index (κ1) is 21.0. The molecule has 168 valence electrons. The average molecular weight is 435 g/mol. The minimum Gasteiger partial charge on any atom is -0.497 e. The number of rotatable bonds is 4. The van der Waals surface area contributed by atoms with Crippen LogP contribution in [0.5, 0.6) is 5.75 Å². The van der Waals surface area contributed by atoms with Crippen LogP contribution in [-0.4, -0.2) is 42.2 Å². The number of benzene rings is 2. The third kappa shape index (κ3) is 3.56. The van der Waals surface area contributed by atoms with Gasteiger partial charge in [-0.2, -0.15) is 0 Å². The number of carbonyl (C=O) groups is 2. The SMILES string of the molecule is COc1cccc(CN2C(=O)N(c3cc(C)cc(C)c3)C(=O)C3OC4CCCCC4C32)c1. The molecule has 1 saturated carbocycles. The Labute approximate surface area is 189 Å². The molecular formula is C26H30N2O4. The molecule has 0 N–H and O–H groups in total. The van der Waals surface area contributed by atoms with Crippen molar-refractivity contribution in [1.82, 2.24) is 4.90 Å². The molecule has 6 heteroatoms. The number of urea groups is 1. The fourth-order valence-electron chi connectivity index (χ4n) is 5.71. The number of ether oxygens (including phenoxy) is 2. The second-order valence-electron chi connectivity index (χ2n) is 9.32. The number of nitrogens with zero attached hydrogens (tertiary/aromatic N) is 2. The number of hydrogen-bond acceptors (Lipinski definition) is 4. The first-order valence-electron chi connectivity index (χ1n) is 11.5. The van der Waals surface area contributed by atoms with E-state index in [2.05, 4.69) is 0 Å². The van der Waals surface area contributed by atoms with Crippen molar-refractivity contribution < 1.29 is 19.1 Å². The van der Waals surface area contributed by atoms with Gasteiger partial charge in [-0.3, -0.25) is 4.79 Å². The number of amides is 3. The van der Waals surface area contributed by atoms with Gasteiger partial charge in [0, 0.05) is 12.5 Å². The van der Waals surface area contributed by atoms with Crippen LogP contribution in [0.3, 0.4) is 0 Å². The van der Waals surface area contributed by atoms with Gasteiger partial charge in [0.25, 0.3) is 5.91 Å². The van der Waals surface area contributed by atoms with Crippen molar-refractivity contribution in [2.75, 3.05) is 12.0 Å². The molecule has 5 rings (SSSR count). The van der Waals surface area contributed by atoms with E-state index in [0.717, 1.165) is 48.1 Å². The van der Waals surface area contributed by atoms with Gasteiger partial charge in [-0.15, -0.1) is 0 Å².